The van der Waals surface area contributed by atoms with Gasteiger partial charge in [-0.1, -0.05) is 49.2 Å². The highest BCUT2D eigenvalue weighted by Gasteiger charge is 2.42. The second-order valence-electron chi connectivity index (χ2n) is 9.40. The molecule has 2 aromatic rings. The van der Waals surface area contributed by atoms with Crippen molar-refractivity contribution in [2.45, 2.75) is 56.1 Å². The lowest BCUT2D eigenvalue weighted by atomic mass is 9.93. The van der Waals surface area contributed by atoms with Gasteiger partial charge < -0.3 is 9.80 Å². The number of carbonyl (C=O) groups is 2. The summed E-state index contributed by atoms with van der Waals surface area (Å²) in [4.78, 5) is 30.8. The van der Waals surface area contributed by atoms with Gasteiger partial charge >= 0.3 is 6.18 Å². The average Bonchev–Trinajstić information content (AvgIpc) is 2.86. The van der Waals surface area contributed by atoms with E-state index in [9.17, 15) is 22.8 Å². The Morgan fingerprint density at radius 2 is 1.74 bits per heavy atom. The first-order chi connectivity index (χ1) is 16.8. The van der Waals surface area contributed by atoms with Crippen molar-refractivity contribution in [2.24, 2.45) is 0 Å². The van der Waals surface area contributed by atoms with Gasteiger partial charge in [0.2, 0.25) is 5.91 Å². The molecule has 184 valence electrons. The lowest BCUT2D eigenvalue weighted by Crippen LogP contribution is -2.55. The number of thioether (sulfide) groups is 1. The van der Waals surface area contributed by atoms with Crippen LogP contribution in [0.5, 0.6) is 0 Å². The molecule has 2 aliphatic heterocycles. The number of hydrogen-bond donors (Lipinski definition) is 0. The summed E-state index contributed by atoms with van der Waals surface area (Å²) in [5.41, 5.74) is 2.23. The third kappa shape index (κ3) is 5.13. The first-order valence-corrected chi connectivity index (χ1v) is 12.9. The first kappa shape index (κ1) is 24.0. The van der Waals surface area contributed by atoms with Gasteiger partial charge in [-0.15, -0.1) is 11.8 Å². The van der Waals surface area contributed by atoms with Crippen LogP contribution in [0.25, 0.3) is 6.08 Å². The Balaban J connectivity index is 1.35. The van der Waals surface area contributed by atoms with E-state index in [0.29, 0.717) is 23.6 Å². The molecule has 0 aromatic heterocycles. The summed E-state index contributed by atoms with van der Waals surface area (Å²) in [5.74, 6) is -0.262. The van der Waals surface area contributed by atoms with E-state index in [2.05, 4.69) is 6.07 Å². The monoisotopic (exact) mass is 500 g/mol. The van der Waals surface area contributed by atoms with Crippen LogP contribution < -0.4 is 0 Å². The highest BCUT2D eigenvalue weighted by molar-refractivity contribution is 8.04. The normalized spacial score (nSPS) is 23.7. The zero-order chi connectivity index (χ0) is 24.6. The maximum absolute atomic E-state index is 13.5. The molecule has 1 saturated carbocycles. The predicted octanol–water partition coefficient (Wildman–Crippen LogP) is 5.52. The number of alkyl halides is 3. The van der Waals surface area contributed by atoms with Crippen molar-refractivity contribution in [3.8, 4) is 0 Å². The Morgan fingerprint density at radius 3 is 2.49 bits per heavy atom. The van der Waals surface area contributed by atoms with Crippen LogP contribution in [-0.2, 0) is 28.7 Å². The molecule has 0 spiro atoms. The molecule has 8 heteroatoms. The van der Waals surface area contributed by atoms with E-state index in [1.54, 1.807) is 11.0 Å². The van der Waals surface area contributed by atoms with Crippen molar-refractivity contribution in [3.05, 3.63) is 75.7 Å². The quantitative estimate of drug-likeness (QED) is 0.522. The van der Waals surface area contributed by atoms with E-state index >= 15 is 0 Å². The minimum Gasteiger partial charge on any atom is -0.336 e. The van der Waals surface area contributed by atoms with Crippen LogP contribution in [0.4, 0.5) is 13.2 Å². The molecule has 2 aromatic carbocycles. The van der Waals surface area contributed by atoms with Gasteiger partial charge in [0.05, 0.1) is 10.5 Å². The fraction of sp³-hybridized carbons (Fsp3) is 0.407. The van der Waals surface area contributed by atoms with Crippen LogP contribution in [0.2, 0.25) is 0 Å². The molecular formula is C27H27F3N2O2S. The number of amides is 2. The zero-order valence-electron chi connectivity index (χ0n) is 19.3. The number of hydrogen-bond acceptors (Lipinski definition) is 3. The van der Waals surface area contributed by atoms with Crippen molar-refractivity contribution in [1.29, 1.82) is 0 Å². The van der Waals surface area contributed by atoms with E-state index < -0.39 is 11.7 Å². The van der Waals surface area contributed by atoms with Crippen molar-refractivity contribution in [1.82, 2.24) is 9.80 Å². The van der Waals surface area contributed by atoms with E-state index in [1.165, 1.54) is 29.5 Å². The lowest BCUT2D eigenvalue weighted by Gasteiger charge is -2.44. The summed E-state index contributed by atoms with van der Waals surface area (Å²) < 4.78 is 38.8. The van der Waals surface area contributed by atoms with Crippen molar-refractivity contribution in [3.63, 3.8) is 0 Å². The van der Waals surface area contributed by atoms with Gasteiger partial charge in [-0.25, -0.2) is 0 Å². The largest absolute Gasteiger partial charge is 0.416 e. The van der Waals surface area contributed by atoms with Crippen molar-refractivity contribution < 1.29 is 22.8 Å². The topological polar surface area (TPSA) is 40.6 Å². The summed E-state index contributed by atoms with van der Waals surface area (Å²) >= 11 is 1.51. The summed E-state index contributed by atoms with van der Waals surface area (Å²) in [6.45, 7) is 1.22. The summed E-state index contributed by atoms with van der Waals surface area (Å²) in [6, 6.07) is 13.0. The molecule has 3 aliphatic rings. The average molecular weight is 501 g/mol. The number of fused-ring (bicyclic) bond motifs is 2. The predicted molar refractivity (Wildman–Crippen MR) is 130 cm³/mol. The van der Waals surface area contributed by atoms with Gasteiger partial charge in [0.1, 0.15) is 6.54 Å². The Labute approximate surface area is 207 Å². The van der Waals surface area contributed by atoms with Crippen LogP contribution in [0.15, 0.2) is 53.4 Å². The maximum atomic E-state index is 13.5. The SMILES string of the molecule is O=C(CN1C(=O)/C(=C\c2ccc(C(F)(F)F)cc2)SC2CCCCC21)N1CCc2ccccc2C1. The molecule has 2 atom stereocenters. The summed E-state index contributed by atoms with van der Waals surface area (Å²) in [6.07, 6.45) is 1.98. The second-order valence-corrected chi connectivity index (χ2v) is 10.7. The minimum atomic E-state index is -4.40. The van der Waals surface area contributed by atoms with Crippen LogP contribution in [0.1, 0.15) is 47.9 Å². The summed E-state index contributed by atoms with van der Waals surface area (Å²) in [5, 5.41) is 0.192. The lowest BCUT2D eigenvalue weighted by molar-refractivity contribution is -0.141. The van der Waals surface area contributed by atoms with Gasteiger partial charge in [0.25, 0.3) is 5.91 Å². The van der Waals surface area contributed by atoms with Crippen LogP contribution in [-0.4, -0.2) is 46.0 Å². The van der Waals surface area contributed by atoms with Gasteiger partial charge in [-0.3, -0.25) is 9.59 Å². The Hall–Kier alpha value is -2.74. The smallest absolute Gasteiger partial charge is 0.336 e. The van der Waals surface area contributed by atoms with E-state index in [0.717, 1.165) is 49.8 Å². The molecular weight excluding hydrogens is 473 g/mol. The molecule has 2 heterocycles. The number of rotatable bonds is 3. The van der Waals surface area contributed by atoms with Crippen molar-refractivity contribution >= 4 is 29.7 Å². The van der Waals surface area contributed by atoms with Gasteiger partial charge in [-0.2, -0.15) is 13.2 Å². The van der Waals surface area contributed by atoms with Crippen molar-refractivity contribution in [2.75, 3.05) is 13.1 Å². The molecule has 4 nitrogen and oxygen atoms in total. The number of carbonyl (C=O) groups excluding carboxylic acids is 2. The molecule has 5 rings (SSSR count). The van der Waals surface area contributed by atoms with Gasteiger partial charge in [0, 0.05) is 24.4 Å². The molecule has 35 heavy (non-hydrogen) atoms. The molecule has 2 amide bonds. The highest BCUT2D eigenvalue weighted by Crippen LogP contribution is 2.42. The first-order valence-electron chi connectivity index (χ1n) is 12.0. The van der Waals surface area contributed by atoms with E-state index in [4.69, 9.17) is 0 Å². The second kappa shape index (κ2) is 9.72. The molecule has 0 bridgehead atoms. The minimum absolute atomic E-state index is 0.00651. The molecule has 0 radical (unpaired) electrons. The fourth-order valence-electron chi connectivity index (χ4n) is 5.24. The van der Waals surface area contributed by atoms with Crippen LogP contribution in [0, 0.1) is 0 Å². The van der Waals surface area contributed by atoms with E-state index in [-0.39, 0.29) is 29.7 Å². The third-order valence-corrected chi connectivity index (χ3v) is 8.54. The Morgan fingerprint density at radius 1 is 1.03 bits per heavy atom. The number of nitrogens with zero attached hydrogens (tertiary/aromatic N) is 2. The number of benzene rings is 2. The molecule has 1 saturated heterocycles. The Bertz CT molecular complexity index is 1150. The molecule has 1 aliphatic carbocycles. The molecule has 2 unspecified atom stereocenters. The third-order valence-electron chi connectivity index (χ3n) is 7.14. The highest BCUT2D eigenvalue weighted by atomic mass is 32.2. The maximum Gasteiger partial charge on any atom is 0.416 e. The molecule has 0 N–H and O–H groups in total. The van der Waals surface area contributed by atoms with Gasteiger partial charge in [0.15, 0.2) is 0 Å². The van der Waals surface area contributed by atoms with Gasteiger partial charge in [-0.05, 0) is 54.2 Å². The number of halogens is 3. The fourth-order valence-corrected chi connectivity index (χ4v) is 6.71. The van der Waals surface area contributed by atoms with Crippen LogP contribution >= 0.6 is 11.8 Å². The molecule has 2 fully saturated rings. The standard InChI is InChI=1S/C27H27F3N2O2S/c28-27(29,30)21-11-9-18(10-12-21)15-24-26(34)32(22-7-3-4-8-23(22)35-24)17-25(33)31-14-13-19-5-1-2-6-20(19)16-31/h1-2,5-6,9-12,15,22-23H,3-4,7-8,13-14,16-17H2/b24-15+. The Kier molecular flexibility index (Phi) is 6.66. The van der Waals surface area contributed by atoms with Crippen LogP contribution in [0.3, 0.4) is 0 Å². The van der Waals surface area contributed by atoms with E-state index in [1.807, 2.05) is 23.1 Å². The summed E-state index contributed by atoms with van der Waals surface area (Å²) in [7, 11) is 0. The zero-order valence-corrected chi connectivity index (χ0v) is 20.1.